The van der Waals surface area contributed by atoms with E-state index in [0.717, 1.165) is 96.7 Å². The molecule has 0 saturated carbocycles. The summed E-state index contributed by atoms with van der Waals surface area (Å²) in [5.41, 5.74) is 15.5. The van der Waals surface area contributed by atoms with Crippen molar-refractivity contribution in [2.24, 2.45) is 0 Å². The van der Waals surface area contributed by atoms with Crippen molar-refractivity contribution >= 4 is 89.5 Å². The zero-order valence-electron chi connectivity index (χ0n) is 67.0. The maximum Gasteiger partial charge on any atom is 0.333 e. The van der Waals surface area contributed by atoms with E-state index in [4.69, 9.17) is 9.94 Å². The van der Waals surface area contributed by atoms with Crippen LogP contribution in [0.25, 0.3) is 0 Å². The smallest absolute Gasteiger partial charge is 0.333 e. The molecular weight excluding hydrogens is 1500 g/mol. The number of hydroxylamine groups is 2. The minimum atomic E-state index is -4.42. The molecule has 1 fully saturated rings. The SMILES string of the molecule is Cc1ccc2c(c1)C(C)(C)C(=CC=CC=CC=CC1=[N+](CCCCCC(=O)O)c3ccc(S(=O)(=O)O)cc3C1(C)C)N2CCCc1ccc([N+](=O)[O-])cc1.Cc1ccc2c(c1)C(C)(C)C(=CC=CC=CC=CC1=[N+](CCCCCC(=O)ON3C(=O)CCC3=O)c3ccc(S(=O)(=O)O)cc3C1(C)C)N2CCCc1ccc([N+](=O)[O-])cc1. The Balaban J connectivity index is 0.000000245. The van der Waals surface area contributed by atoms with Crippen LogP contribution < -0.4 is 9.80 Å². The second-order valence-corrected chi connectivity index (χ2v) is 34.5. The molecule has 0 radical (unpaired) electrons. The van der Waals surface area contributed by atoms with Crippen LogP contribution in [0, 0.1) is 34.1 Å². The van der Waals surface area contributed by atoms with Crippen LogP contribution in [0.5, 0.6) is 0 Å². The Morgan fingerprint density at radius 1 is 0.478 bits per heavy atom. The van der Waals surface area contributed by atoms with Crippen LogP contribution in [-0.2, 0) is 78.8 Å². The third kappa shape index (κ3) is 20.5. The van der Waals surface area contributed by atoms with Crippen molar-refractivity contribution in [2.45, 2.75) is 191 Å². The quantitative estimate of drug-likeness (QED) is 0.00655. The first-order valence-electron chi connectivity index (χ1n) is 38.9. The normalized spacial score (nSPS) is 17.4. The fourth-order valence-corrected chi connectivity index (χ4v) is 16.9. The maximum atomic E-state index is 12.3. The summed E-state index contributed by atoms with van der Waals surface area (Å²) >= 11 is 0. The second-order valence-electron chi connectivity index (χ2n) is 31.7. The molecule has 0 atom stereocenters. The molecule has 0 unspecified atom stereocenters. The molecule has 3 N–H and O–H groups in total. The van der Waals surface area contributed by atoms with Crippen molar-refractivity contribution in [1.29, 1.82) is 0 Å². The number of rotatable bonds is 33. The molecule has 0 spiro atoms. The number of aliphatic carboxylic acids is 1. The maximum absolute atomic E-state index is 12.3. The summed E-state index contributed by atoms with van der Waals surface area (Å²) in [4.78, 5) is 77.7. The first-order chi connectivity index (χ1) is 54.4. The number of aryl methyl sites for hydroxylation is 4. The molecule has 604 valence electrons. The van der Waals surface area contributed by atoms with Crippen molar-refractivity contribution in [1.82, 2.24) is 5.06 Å². The van der Waals surface area contributed by atoms with Crippen molar-refractivity contribution in [3.05, 3.63) is 283 Å². The molecule has 25 heteroatoms. The molecule has 11 rings (SSSR count). The van der Waals surface area contributed by atoms with E-state index in [9.17, 15) is 65.3 Å². The Morgan fingerprint density at radius 2 is 0.861 bits per heavy atom. The number of hydrogen-bond donors (Lipinski definition) is 3. The van der Waals surface area contributed by atoms with Gasteiger partial charge in [-0.05, 0) is 164 Å². The number of carbonyl (C=O) groups is 4. The number of anilines is 2. The molecule has 0 bridgehead atoms. The summed E-state index contributed by atoms with van der Waals surface area (Å²) in [5, 5.41) is 31.8. The highest BCUT2D eigenvalue weighted by Gasteiger charge is 2.47. The molecule has 0 aromatic heterocycles. The fourth-order valence-electron chi connectivity index (χ4n) is 15.8. The van der Waals surface area contributed by atoms with Gasteiger partial charge in [0.1, 0.15) is 13.1 Å². The van der Waals surface area contributed by atoms with Crippen molar-refractivity contribution in [3.63, 3.8) is 0 Å². The highest BCUT2D eigenvalue weighted by molar-refractivity contribution is 7.86. The van der Waals surface area contributed by atoms with Crippen LogP contribution in [0.2, 0.25) is 0 Å². The first kappa shape index (κ1) is 86.3. The molecule has 6 aromatic carbocycles. The highest BCUT2D eigenvalue weighted by atomic mass is 32.2. The van der Waals surface area contributed by atoms with Gasteiger partial charge < -0.3 is 19.7 Å². The fraction of sp³-hybridized carbons (Fsp3) is 0.356. The van der Waals surface area contributed by atoms with E-state index in [1.165, 1.54) is 69.3 Å². The minimum absolute atomic E-state index is 0.0357. The van der Waals surface area contributed by atoms with Gasteiger partial charge in [0.25, 0.3) is 43.4 Å². The van der Waals surface area contributed by atoms with Crippen LogP contribution >= 0.6 is 0 Å². The lowest BCUT2D eigenvalue weighted by molar-refractivity contribution is -0.438. The van der Waals surface area contributed by atoms with E-state index in [-0.39, 0.29) is 67.5 Å². The summed E-state index contributed by atoms with van der Waals surface area (Å²) in [6, 6.07) is 36.0. The molecule has 1 saturated heterocycles. The average Bonchev–Trinajstić information content (AvgIpc) is 1.61. The van der Waals surface area contributed by atoms with E-state index in [2.05, 4.69) is 109 Å². The van der Waals surface area contributed by atoms with Gasteiger partial charge in [0, 0.05) is 145 Å². The van der Waals surface area contributed by atoms with E-state index in [1.807, 2.05) is 125 Å². The van der Waals surface area contributed by atoms with Gasteiger partial charge in [-0.1, -0.05) is 148 Å². The van der Waals surface area contributed by atoms with Crippen molar-refractivity contribution < 1.29 is 74.1 Å². The molecule has 0 aliphatic carbocycles. The first-order valence-corrected chi connectivity index (χ1v) is 41.8. The third-order valence-corrected chi connectivity index (χ3v) is 23.7. The van der Waals surface area contributed by atoms with Gasteiger partial charge in [-0.2, -0.15) is 26.0 Å². The number of carboxylic acid groups (broad SMARTS) is 1. The zero-order valence-corrected chi connectivity index (χ0v) is 68.6. The zero-order chi connectivity index (χ0) is 83.4. The number of unbranched alkanes of at least 4 members (excludes halogenated alkanes) is 4. The summed E-state index contributed by atoms with van der Waals surface area (Å²) in [7, 11) is -8.80. The number of non-ortho nitro benzene ring substituents is 2. The van der Waals surface area contributed by atoms with E-state index in [0.29, 0.717) is 43.8 Å². The molecule has 5 aliphatic rings. The summed E-state index contributed by atoms with van der Waals surface area (Å²) < 4.78 is 72.0. The van der Waals surface area contributed by atoms with Gasteiger partial charge in [-0.25, -0.2) is 4.79 Å². The number of benzene rings is 6. The molecule has 115 heavy (non-hydrogen) atoms. The molecular formula is C90H103N7O16S2+2. The third-order valence-electron chi connectivity index (χ3n) is 22.0. The molecule has 23 nitrogen and oxygen atoms in total. The lowest BCUT2D eigenvalue weighted by atomic mass is 9.81. The van der Waals surface area contributed by atoms with Crippen LogP contribution in [0.1, 0.15) is 177 Å². The average molecular weight is 1600 g/mol. The molecule has 5 heterocycles. The second kappa shape index (κ2) is 36.6. The van der Waals surface area contributed by atoms with Crippen molar-refractivity contribution in [2.75, 3.05) is 36.0 Å². The number of allylic oxidation sites excluding steroid dienone is 16. The summed E-state index contributed by atoms with van der Waals surface area (Å²) in [6.45, 7) is 24.0. The Labute approximate surface area is 673 Å². The van der Waals surface area contributed by atoms with Gasteiger partial charge in [0.2, 0.25) is 11.4 Å². The lowest BCUT2D eigenvalue weighted by Crippen LogP contribution is -2.31. The Kier molecular flexibility index (Phi) is 27.4. The minimum Gasteiger partial charge on any atom is -0.481 e. The number of carbonyl (C=O) groups excluding carboxylic acids is 3. The number of carboxylic acids is 1. The van der Waals surface area contributed by atoms with Crippen LogP contribution in [0.15, 0.2) is 228 Å². The topological polar surface area (TPSA) is 308 Å². The van der Waals surface area contributed by atoms with Gasteiger partial charge >= 0.3 is 11.9 Å². The largest absolute Gasteiger partial charge is 0.481 e. The number of fused-ring (bicyclic) bond motifs is 4. The number of hydrogen-bond acceptors (Lipinski definition) is 15. The molecule has 6 aromatic rings. The van der Waals surface area contributed by atoms with Crippen molar-refractivity contribution in [3.8, 4) is 0 Å². The Hall–Kier alpha value is -11.1. The predicted octanol–water partition coefficient (Wildman–Crippen LogP) is 17.8. The van der Waals surface area contributed by atoms with Gasteiger partial charge in [0.15, 0.2) is 11.4 Å². The van der Waals surface area contributed by atoms with Crippen LogP contribution in [-0.4, -0.2) is 116 Å². The van der Waals surface area contributed by atoms with Gasteiger partial charge in [0.05, 0.1) is 30.5 Å². The van der Waals surface area contributed by atoms with E-state index < -0.39 is 54.8 Å². The lowest BCUT2D eigenvalue weighted by Gasteiger charge is -2.27. The standard InChI is InChI=1S/C47H52N4O9S.C43H49N3O7S/c1-33-19-25-39-37(31-33)46(2,3)41(49(39)30-14-15-34-20-22-35(23-21-34)51(55)56)16-10-7-6-8-11-17-42-47(4,5)38-32-36(61(57,58)59)24-26-40(38)48(42)29-13-9-12-18-45(54)60-50-43(52)27-28-44(50)53;1-31-19-25-37-35(29-31)42(2,3)39(45(37)28-14-15-32-20-22-33(23-21-32)46(49)50)16-10-7-6-8-11-17-40-43(4,5)36-30-34(54(51,52)53)24-26-38(36)44(40)27-13-9-12-18-41(47)48/h6-8,10-11,16-17,19-26,31-32H,9,12-15,18,27-30H2,1-5H3;6-8,10-11,16-17,19-26,29-30H,9,12-15,18,27-28H2,1-5H3,(H-,47,48,51,52,53)/p+2. The van der Waals surface area contributed by atoms with E-state index >= 15 is 0 Å². The number of nitro benzene ring substituents is 2. The highest BCUT2D eigenvalue weighted by Crippen LogP contribution is 2.50. The number of imide groups is 1. The molecule has 2 amide bonds. The Morgan fingerprint density at radius 3 is 1.24 bits per heavy atom. The number of nitro groups is 2. The number of nitrogens with zero attached hydrogens (tertiary/aromatic N) is 7. The Bertz CT molecular complexity index is 5310. The number of amides is 2. The van der Waals surface area contributed by atoms with Crippen LogP contribution in [0.3, 0.4) is 0 Å². The van der Waals surface area contributed by atoms with Gasteiger partial charge in [-0.3, -0.25) is 43.7 Å². The summed E-state index contributed by atoms with van der Waals surface area (Å²) in [5.74, 6) is -2.48. The van der Waals surface area contributed by atoms with Gasteiger partial charge in [-0.15, -0.1) is 5.06 Å². The molecule has 5 aliphatic heterocycles. The monoisotopic (exact) mass is 1600 g/mol. The predicted molar refractivity (Wildman–Crippen MR) is 447 cm³/mol. The van der Waals surface area contributed by atoms with E-state index in [1.54, 1.807) is 36.4 Å². The summed E-state index contributed by atoms with van der Waals surface area (Å²) in [6.07, 6.45) is 35.6. The van der Waals surface area contributed by atoms with Crippen LogP contribution in [0.4, 0.5) is 34.1 Å².